The first-order valence-electron chi connectivity index (χ1n) is 8.38. The Labute approximate surface area is 145 Å². The summed E-state index contributed by atoms with van der Waals surface area (Å²) < 4.78 is 11.1. The van der Waals surface area contributed by atoms with Gasteiger partial charge >= 0.3 is 0 Å². The first-order valence-corrected chi connectivity index (χ1v) is 8.38. The molecule has 1 fully saturated rings. The molecule has 0 saturated heterocycles. The van der Waals surface area contributed by atoms with Gasteiger partial charge in [-0.1, -0.05) is 5.16 Å². The van der Waals surface area contributed by atoms with Crippen molar-refractivity contribution in [1.29, 1.82) is 0 Å². The fraction of sp³-hybridized carbons (Fsp3) is 0.333. The number of ether oxygens (including phenoxy) is 1. The van der Waals surface area contributed by atoms with E-state index in [0.717, 1.165) is 35.8 Å². The molecule has 0 spiro atoms. The SMILES string of the molecule is C[C@H](CNc1ccc(-c2nc(C3CC3)no2)cn1)Oc1cccnc1. The van der Waals surface area contributed by atoms with Crippen LogP contribution in [-0.4, -0.2) is 32.8 Å². The van der Waals surface area contributed by atoms with Crippen LogP contribution in [0.4, 0.5) is 5.82 Å². The highest BCUT2D eigenvalue weighted by Gasteiger charge is 2.28. The van der Waals surface area contributed by atoms with Crippen molar-refractivity contribution in [3.8, 4) is 17.2 Å². The number of pyridine rings is 2. The van der Waals surface area contributed by atoms with Crippen LogP contribution in [0.1, 0.15) is 31.5 Å². The first-order chi connectivity index (χ1) is 12.3. The molecule has 0 aromatic carbocycles. The van der Waals surface area contributed by atoms with Crippen molar-refractivity contribution < 1.29 is 9.26 Å². The third-order valence-corrected chi connectivity index (χ3v) is 3.94. The van der Waals surface area contributed by atoms with Crippen LogP contribution < -0.4 is 10.1 Å². The number of anilines is 1. The molecule has 7 nitrogen and oxygen atoms in total. The van der Waals surface area contributed by atoms with E-state index in [1.54, 1.807) is 18.6 Å². The number of hydrogen-bond acceptors (Lipinski definition) is 7. The third kappa shape index (κ3) is 3.93. The molecule has 0 radical (unpaired) electrons. The Balaban J connectivity index is 1.32. The Hall–Kier alpha value is -2.96. The molecule has 4 rings (SSSR count). The van der Waals surface area contributed by atoms with Gasteiger partial charge in [0.2, 0.25) is 0 Å². The number of aromatic nitrogens is 4. The van der Waals surface area contributed by atoms with E-state index in [2.05, 4.69) is 25.4 Å². The fourth-order valence-electron chi connectivity index (χ4n) is 2.42. The van der Waals surface area contributed by atoms with Crippen molar-refractivity contribution in [2.45, 2.75) is 31.8 Å². The van der Waals surface area contributed by atoms with Gasteiger partial charge in [0, 0.05) is 18.3 Å². The van der Waals surface area contributed by atoms with Crippen molar-refractivity contribution in [1.82, 2.24) is 20.1 Å². The normalized spacial score (nSPS) is 14.9. The largest absolute Gasteiger partial charge is 0.487 e. The molecule has 7 heteroatoms. The maximum atomic E-state index is 5.77. The predicted molar refractivity (Wildman–Crippen MR) is 92.3 cm³/mol. The Morgan fingerprint density at radius 3 is 2.92 bits per heavy atom. The van der Waals surface area contributed by atoms with E-state index in [0.29, 0.717) is 18.4 Å². The highest BCUT2D eigenvalue weighted by molar-refractivity contribution is 5.54. The molecule has 25 heavy (non-hydrogen) atoms. The molecule has 0 unspecified atom stereocenters. The summed E-state index contributed by atoms with van der Waals surface area (Å²) in [5.41, 5.74) is 0.824. The van der Waals surface area contributed by atoms with Crippen molar-refractivity contribution in [3.05, 3.63) is 48.7 Å². The highest BCUT2D eigenvalue weighted by atomic mass is 16.5. The van der Waals surface area contributed by atoms with Crippen molar-refractivity contribution in [3.63, 3.8) is 0 Å². The monoisotopic (exact) mass is 337 g/mol. The lowest BCUT2D eigenvalue weighted by Gasteiger charge is -2.15. The Kier molecular flexibility index (Phi) is 4.28. The Bertz CT molecular complexity index is 815. The van der Waals surface area contributed by atoms with E-state index < -0.39 is 0 Å². The number of rotatable bonds is 7. The van der Waals surface area contributed by atoms with Crippen molar-refractivity contribution in [2.24, 2.45) is 0 Å². The van der Waals surface area contributed by atoms with E-state index in [9.17, 15) is 0 Å². The lowest BCUT2D eigenvalue weighted by Crippen LogP contribution is -2.23. The maximum absolute atomic E-state index is 5.77. The molecular weight excluding hydrogens is 318 g/mol. The second kappa shape index (κ2) is 6.88. The quantitative estimate of drug-likeness (QED) is 0.708. The van der Waals surface area contributed by atoms with Crippen LogP contribution >= 0.6 is 0 Å². The van der Waals surface area contributed by atoms with Gasteiger partial charge in [-0.3, -0.25) is 4.98 Å². The summed E-state index contributed by atoms with van der Waals surface area (Å²) in [7, 11) is 0. The van der Waals surface area contributed by atoms with Crippen LogP contribution in [0.5, 0.6) is 5.75 Å². The minimum Gasteiger partial charge on any atom is -0.487 e. The van der Waals surface area contributed by atoms with E-state index in [4.69, 9.17) is 9.26 Å². The van der Waals surface area contributed by atoms with Crippen LogP contribution in [0.25, 0.3) is 11.5 Å². The van der Waals surface area contributed by atoms with Crippen molar-refractivity contribution in [2.75, 3.05) is 11.9 Å². The van der Waals surface area contributed by atoms with Crippen LogP contribution in [-0.2, 0) is 0 Å². The van der Waals surface area contributed by atoms with Crippen LogP contribution in [0.3, 0.4) is 0 Å². The maximum Gasteiger partial charge on any atom is 0.259 e. The van der Waals surface area contributed by atoms with Crippen LogP contribution in [0.2, 0.25) is 0 Å². The molecular formula is C18H19N5O2. The van der Waals surface area contributed by atoms with Gasteiger partial charge in [-0.15, -0.1) is 0 Å². The highest BCUT2D eigenvalue weighted by Crippen LogP contribution is 2.38. The molecule has 3 aromatic rings. The van der Waals surface area contributed by atoms with Gasteiger partial charge in [0.25, 0.3) is 5.89 Å². The van der Waals surface area contributed by atoms with Gasteiger partial charge in [-0.2, -0.15) is 4.98 Å². The van der Waals surface area contributed by atoms with Gasteiger partial charge in [-0.05, 0) is 44.0 Å². The third-order valence-electron chi connectivity index (χ3n) is 3.94. The predicted octanol–water partition coefficient (Wildman–Crippen LogP) is 3.28. The molecule has 1 aliphatic rings. The molecule has 0 aliphatic heterocycles. The summed E-state index contributed by atoms with van der Waals surface area (Å²) in [5.74, 6) is 3.33. The van der Waals surface area contributed by atoms with Gasteiger partial charge in [-0.25, -0.2) is 4.98 Å². The zero-order valence-electron chi connectivity index (χ0n) is 13.9. The van der Waals surface area contributed by atoms with Gasteiger partial charge in [0.1, 0.15) is 17.7 Å². The smallest absolute Gasteiger partial charge is 0.259 e. The zero-order valence-corrected chi connectivity index (χ0v) is 13.9. The lowest BCUT2D eigenvalue weighted by atomic mass is 10.3. The lowest BCUT2D eigenvalue weighted by molar-refractivity contribution is 0.234. The summed E-state index contributed by atoms with van der Waals surface area (Å²) in [6, 6.07) is 7.55. The summed E-state index contributed by atoms with van der Waals surface area (Å²) in [6.07, 6.45) is 7.45. The molecule has 1 saturated carbocycles. The average Bonchev–Trinajstić information content (AvgIpc) is 3.38. The van der Waals surface area contributed by atoms with Gasteiger partial charge < -0.3 is 14.6 Å². The molecule has 3 aromatic heterocycles. The second-order valence-electron chi connectivity index (χ2n) is 6.16. The summed E-state index contributed by atoms with van der Waals surface area (Å²) >= 11 is 0. The molecule has 1 aliphatic carbocycles. The van der Waals surface area contributed by atoms with Crippen LogP contribution in [0, 0.1) is 0 Å². The van der Waals surface area contributed by atoms with Crippen LogP contribution in [0.15, 0.2) is 47.4 Å². The molecule has 0 amide bonds. The zero-order chi connectivity index (χ0) is 17.1. The molecule has 1 atom stereocenters. The molecule has 128 valence electrons. The standard InChI is InChI=1S/C18H19N5O2/c1-12(24-15-3-2-8-19-11-15)9-20-16-7-6-14(10-21-16)18-22-17(23-25-18)13-4-5-13/h2-3,6-8,10-13H,4-5,9H2,1H3,(H,20,21)/t12-/m1/s1. The Morgan fingerprint density at radius 1 is 1.28 bits per heavy atom. The molecule has 3 heterocycles. The summed E-state index contributed by atoms with van der Waals surface area (Å²) in [6.45, 7) is 2.62. The van der Waals surface area contributed by atoms with E-state index >= 15 is 0 Å². The first kappa shape index (κ1) is 15.6. The second-order valence-corrected chi connectivity index (χ2v) is 6.16. The molecule has 1 N–H and O–H groups in total. The topological polar surface area (TPSA) is 86.0 Å². The Morgan fingerprint density at radius 2 is 2.20 bits per heavy atom. The van der Waals surface area contributed by atoms with Crippen molar-refractivity contribution >= 4 is 5.82 Å². The van der Waals surface area contributed by atoms with Gasteiger partial charge in [0.15, 0.2) is 5.82 Å². The summed E-state index contributed by atoms with van der Waals surface area (Å²) in [4.78, 5) is 12.9. The average molecular weight is 337 g/mol. The van der Waals surface area contributed by atoms with E-state index in [1.807, 2.05) is 31.2 Å². The summed E-state index contributed by atoms with van der Waals surface area (Å²) in [5, 5.41) is 7.28. The number of nitrogens with zero attached hydrogens (tertiary/aromatic N) is 4. The van der Waals surface area contributed by atoms with Gasteiger partial charge in [0.05, 0.1) is 18.3 Å². The molecule has 0 bridgehead atoms. The number of hydrogen-bond donors (Lipinski definition) is 1. The van der Waals surface area contributed by atoms with E-state index in [1.165, 1.54) is 0 Å². The fourth-order valence-corrected chi connectivity index (χ4v) is 2.42. The van der Waals surface area contributed by atoms with E-state index in [-0.39, 0.29) is 6.10 Å². The minimum absolute atomic E-state index is 0.0114. The minimum atomic E-state index is -0.0114. The number of nitrogens with one attached hydrogen (secondary N) is 1.